The normalized spacial score (nSPS) is 22.2. The van der Waals surface area contributed by atoms with Crippen molar-refractivity contribution in [2.24, 2.45) is 5.41 Å². The third-order valence-corrected chi connectivity index (χ3v) is 11.6. The standard InChI is InChI=1S/C39H47FN8O2/c1-5-45-24-42-32-22-31(44-35(34(32)45)43-30-11-14-41-23-29(30)40)25-9-10-28-33(19-25)48(27-20-26(21-27)46-15-7-6-8-16-46)37(50)39(28)12-17-47(18-13-39)36(49)38(2,3)4/h9-11,14,19,22-24,26-27H,5-8,12-13,15-18,20-21H2,1-4H3,(H,41,43,44)/t26-,27+. The fourth-order valence-electron chi connectivity index (χ4n) is 8.69. The Balaban J connectivity index is 1.17. The van der Waals surface area contributed by atoms with E-state index in [1.807, 2.05) is 43.2 Å². The van der Waals surface area contributed by atoms with Gasteiger partial charge in [0.05, 0.1) is 34.8 Å². The van der Waals surface area contributed by atoms with Crippen LogP contribution in [0.5, 0.6) is 0 Å². The van der Waals surface area contributed by atoms with Gasteiger partial charge in [-0.25, -0.2) is 14.4 Å². The predicted molar refractivity (Wildman–Crippen MR) is 193 cm³/mol. The van der Waals surface area contributed by atoms with Gasteiger partial charge in [-0.15, -0.1) is 0 Å². The summed E-state index contributed by atoms with van der Waals surface area (Å²) in [6, 6.07) is 10.5. The molecule has 2 amide bonds. The molecule has 3 fully saturated rings. The minimum absolute atomic E-state index is 0.136. The van der Waals surface area contributed by atoms with Gasteiger partial charge in [0.25, 0.3) is 0 Å². The number of aromatic nitrogens is 4. The molecule has 0 atom stereocenters. The molecule has 6 heterocycles. The van der Waals surface area contributed by atoms with Gasteiger partial charge < -0.3 is 24.6 Å². The van der Waals surface area contributed by atoms with Crippen LogP contribution in [0.3, 0.4) is 0 Å². The number of hydrogen-bond acceptors (Lipinski definition) is 7. The Morgan fingerprint density at radius 1 is 1.02 bits per heavy atom. The van der Waals surface area contributed by atoms with Gasteiger partial charge in [0.15, 0.2) is 11.6 Å². The second-order valence-electron chi connectivity index (χ2n) is 15.6. The topological polar surface area (TPSA) is 99.5 Å². The second kappa shape index (κ2) is 12.4. The number of aryl methyl sites for hydroxylation is 1. The largest absolute Gasteiger partial charge is 0.342 e. The number of nitrogens with zero attached hydrogens (tertiary/aromatic N) is 7. The van der Waals surface area contributed by atoms with E-state index in [-0.39, 0.29) is 23.5 Å². The number of likely N-dealkylation sites (tertiary alicyclic amines) is 2. The van der Waals surface area contributed by atoms with Crippen LogP contribution in [0.15, 0.2) is 49.1 Å². The number of carbonyl (C=O) groups is 2. The summed E-state index contributed by atoms with van der Waals surface area (Å²) >= 11 is 0. The predicted octanol–water partition coefficient (Wildman–Crippen LogP) is 6.67. The zero-order valence-electron chi connectivity index (χ0n) is 29.6. The Bertz CT molecular complexity index is 1950. The number of fused-ring (bicyclic) bond motifs is 3. The van der Waals surface area contributed by atoms with Crippen molar-refractivity contribution < 1.29 is 14.0 Å². The minimum Gasteiger partial charge on any atom is -0.342 e. The Labute approximate surface area is 293 Å². The van der Waals surface area contributed by atoms with Crippen LogP contribution in [-0.4, -0.2) is 79.4 Å². The molecule has 1 spiro atoms. The molecule has 4 aromatic rings. The molecule has 10 nitrogen and oxygen atoms in total. The minimum atomic E-state index is -0.651. The number of nitrogens with one attached hydrogen (secondary N) is 1. The van der Waals surface area contributed by atoms with Gasteiger partial charge in [-0.05, 0) is 82.3 Å². The lowest BCUT2D eigenvalue weighted by Gasteiger charge is -2.48. The van der Waals surface area contributed by atoms with E-state index in [0.717, 1.165) is 53.8 Å². The lowest BCUT2D eigenvalue weighted by molar-refractivity contribution is -0.142. The lowest BCUT2D eigenvalue weighted by atomic mass is 9.73. The van der Waals surface area contributed by atoms with Gasteiger partial charge in [-0.1, -0.05) is 39.3 Å². The first-order valence-corrected chi connectivity index (χ1v) is 18.3. The molecule has 1 aromatic carbocycles. The fraction of sp³-hybridized carbons (Fsp3) is 0.513. The van der Waals surface area contributed by atoms with Crippen molar-refractivity contribution in [1.29, 1.82) is 0 Å². The SMILES string of the molecule is CCn1cnc2cc(-c3ccc4c(c3)N([C@H]3C[C@@H](N5CCCCC5)C3)C(=O)C43CCN(C(=O)C(C)(C)C)CC3)nc(Nc3ccncc3F)c21. The van der Waals surface area contributed by atoms with E-state index in [4.69, 9.17) is 4.98 Å². The summed E-state index contributed by atoms with van der Waals surface area (Å²) in [7, 11) is 0. The number of pyridine rings is 2. The van der Waals surface area contributed by atoms with E-state index in [9.17, 15) is 14.0 Å². The van der Waals surface area contributed by atoms with Gasteiger partial charge in [0.1, 0.15) is 5.52 Å². The highest BCUT2D eigenvalue weighted by Gasteiger charge is 2.56. The number of rotatable bonds is 6. The quantitative estimate of drug-likeness (QED) is 0.243. The Kier molecular flexibility index (Phi) is 8.16. The van der Waals surface area contributed by atoms with E-state index >= 15 is 0 Å². The maximum atomic E-state index is 14.8. The highest BCUT2D eigenvalue weighted by molar-refractivity contribution is 6.09. The van der Waals surface area contributed by atoms with E-state index in [0.29, 0.717) is 50.0 Å². The van der Waals surface area contributed by atoms with Gasteiger partial charge in [-0.2, -0.15) is 0 Å². The van der Waals surface area contributed by atoms with Crippen molar-refractivity contribution in [3.05, 3.63) is 60.4 Å². The van der Waals surface area contributed by atoms with Gasteiger partial charge >= 0.3 is 0 Å². The molecule has 3 aliphatic heterocycles. The number of halogens is 1. The van der Waals surface area contributed by atoms with Crippen molar-refractivity contribution >= 4 is 40.0 Å². The van der Waals surface area contributed by atoms with Gasteiger partial charge in [0.2, 0.25) is 11.8 Å². The molecule has 1 saturated carbocycles. The van der Waals surface area contributed by atoms with Crippen LogP contribution in [0.4, 0.5) is 21.6 Å². The van der Waals surface area contributed by atoms with E-state index in [2.05, 4.69) is 43.3 Å². The average molecular weight is 679 g/mol. The van der Waals surface area contributed by atoms with Crippen LogP contribution in [-0.2, 0) is 21.5 Å². The van der Waals surface area contributed by atoms with E-state index < -0.39 is 16.6 Å². The number of benzene rings is 1. The number of anilines is 3. The van der Waals surface area contributed by atoms with Crippen molar-refractivity contribution in [1.82, 2.24) is 29.3 Å². The number of hydrogen-bond donors (Lipinski definition) is 1. The van der Waals surface area contributed by atoms with Crippen molar-refractivity contribution in [2.45, 2.75) is 96.7 Å². The molecule has 2 saturated heterocycles. The second-order valence-corrected chi connectivity index (χ2v) is 15.6. The molecule has 1 aliphatic carbocycles. The number of piperidine rings is 2. The van der Waals surface area contributed by atoms with Gasteiger partial charge in [0, 0.05) is 54.6 Å². The summed E-state index contributed by atoms with van der Waals surface area (Å²) in [6.45, 7) is 12.0. The Morgan fingerprint density at radius 3 is 2.48 bits per heavy atom. The molecule has 1 N–H and O–H groups in total. The maximum absolute atomic E-state index is 14.8. The van der Waals surface area contributed by atoms with Crippen LogP contribution < -0.4 is 10.2 Å². The summed E-state index contributed by atoms with van der Waals surface area (Å²) in [5, 5.41) is 3.21. The van der Waals surface area contributed by atoms with Gasteiger partial charge in [-0.3, -0.25) is 14.6 Å². The Morgan fingerprint density at radius 2 is 1.78 bits per heavy atom. The first kappa shape index (κ1) is 32.8. The molecule has 11 heteroatoms. The monoisotopic (exact) mass is 678 g/mol. The highest BCUT2D eigenvalue weighted by Crippen LogP contribution is 2.52. The van der Waals surface area contributed by atoms with Crippen LogP contribution in [0, 0.1) is 11.2 Å². The first-order valence-electron chi connectivity index (χ1n) is 18.3. The Hall–Kier alpha value is -4.38. The zero-order valence-corrected chi connectivity index (χ0v) is 29.6. The van der Waals surface area contributed by atoms with E-state index in [1.54, 1.807) is 18.6 Å². The van der Waals surface area contributed by atoms with E-state index in [1.165, 1.54) is 25.5 Å². The summed E-state index contributed by atoms with van der Waals surface area (Å²) in [4.78, 5) is 48.3. The van der Waals surface area contributed by atoms with Crippen LogP contribution in [0.2, 0.25) is 0 Å². The first-order chi connectivity index (χ1) is 24.1. The molecular formula is C39H47FN8O2. The van der Waals surface area contributed by atoms with Crippen molar-refractivity contribution in [2.75, 3.05) is 36.4 Å². The molecule has 0 unspecified atom stereocenters. The molecule has 50 heavy (non-hydrogen) atoms. The van der Waals surface area contributed by atoms with Crippen molar-refractivity contribution in [3.63, 3.8) is 0 Å². The summed E-state index contributed by atoms with van der Waals surface area (Å²) in [5.41, 5.74) is 4.29. The smallest absolute Gasteiger partial charge is 0.238 e. The maximum Gasteiger partial charge on any atom is 0.238 e. The zero-order chi connectivity index (χ0) is 34.8. The molecule has 0 bridgehead atoms. The number of carbonyl (C=O) groups excluding carboxylic acids is 2. The highest BCUT2D eigenvalue weighted by atomic mass is 19.1. The molecule has 3 aromatic heterocycles. The average Bonchev–Trinajstić information content (AvgIpc) is 3.62. The third kappa shape index (κ3) is 5.45. The van der Waals surface area contributed by atoms with Crippen molar-refractivity contribution in [3.8, 4) is 11.3 Å². The molecule has 262 valence electrons. The summed E-state index contributed by atoms with van der Waals surface area (Å²) < 4.78 is 16.8. The number of imidazole rings is 1. The fourth-order valence-corrected chi connectivity index (χ4v) is 8.69. The molecule has 0 radical (unpaired) electrons. The van der Waals surface area contributed by atoms with Crippen LogP contribution in [0.1, 0.15) is 78.2 Å². The molecule has 8 rings (SSSR count). The number of amides is 2. The third-order valence-electron chi connectivity index (χ3n) is 11.6. The van der Waals surface area contributed by atoms with Crippen LogP contribution in [0.25, 0.3) is 22.3 Å². The molecule has 4 aliphatic rings. The molecular weight excluding hydrogens is 631 g/mol. The van der Waals surface area contributed by atoms with Crippen LogP contribution >= 0.6 is 0 Å². The summed E-state index contributed by atoms with van der Waals surface area (Å²) in [6.07, 6.45) is 11.5. The lowest BCUT2D eigenvalue weighted by Crippen LogP contribution is -2.58. The summed E-state index contributed by atoms with van der Waals surface area (Å²) in [5.74, 6) is 0.351.